The van der Waals surface area contributed by atoms with Gasteiger partial charge in [-0.1, -0.05) is 6.07 Å². The van der Waals surface area contributed by atoms with E-state index in [1.54, 1.807) is 32.0 Å². The minimum Gasteiger partial charge on any atom is -0.466 e. The van der Waals surface area contributed by atoms with Crippen LogP contribution in [0.5, 0.6) is 0 Å². The van der Waals surface area contributed by atoms with Gasteiger partial charge in [0.15, 0.2) is 0 Å². The number of sulfonamides is 1. The fourth-order valence-electron chi connectivity index (χ4n) is 2.97. The second-order valence-electron chi connectivity index (χ2n) is 6.02. The molecule has 24 heavy (non-hydrogen) atoms. The van der Waals surface area contributed by atoms with Gasteiger partial charge in [0.1, 0.15) is 11.5 Å². The summed E-state index contributed by atoms with van der Waals surface area (Å²) in [5.41, 5.74) is 4.81. The number of fused-ring (bicyclic) bond motifs is 1. The fourth-order valence-corrected chi connectivity index (χ4v) is 3.86. The Morgan fingerprint density at radius 3 is 2.46 bits per heavy atom. The normalized spacial score (nSPS) is 14.2. The number of amides is 1. The molecule has 0 spiro atoms. The number of hydrogen-bond acceptors (Lipinski definition) is 4. The monoisotopic (exact) mass is 348 g/mol. The van der Waals surface area contributed by atoms with Gasteiger partial charge in [0, 0.05) is 0 Å². The summed E-state index contributed by atoms with van der Waals surface area (Å²) >= 11 is 0. The number of hydrazine groups is 1. The number of furan rings is 1. The van der Waals surface area contributed by atoms with E-state index >= 15 is 0 Å². The van der Waals surface area contributed by atoms with Gasteiger partial charge in [-0.25, -0.2) is 8.42 Å². The topological polar surface area (TPSA) is 88.4 Å². The molecule has 0 saturated carbocycles. The van der Waals surface area contributed by atoms with Crippen molar-refractivity contribution in [3.05, 3.63) is 52.5 Å². The van der Waals surface area contributed by atoms with E-state index in [9.17, 15) is 13.2 Å². The molecular formula is C17H20N2O4S. The first kappa shape index (κ1) is 16.7. The summed E-state index contributed by atoms with van der Waals surface area (Å²) < 4.78 is 30.1. The Kier molecular flexibility index (Phi) is 4.47. The van der Waals surface area contributed by atoms with Crippen LogP contribution in [0.4, 0.5) is 0 Å². The van der Waals surface area contributed by atoms with Gasteiger partial charge in [-0.2, -0.15) is 0 Å². The Morgan fingerprint density at radius 1 is 1.08 bits per heavy atom. The molecule has 6 nitrogen and oxygen atoms in total. The van der Waals surface area contributed by atoms with E-state index in [1.807, 2.05) is 6.07 Å². The molecule has 0 fully saturated rings. The predicted octanol–water partition coefficient (Wildman–Crippen LogP) is 2.40. The van der Waals surface area contributed by atoms with Crippen LogP contribution in [0.25, 0.3) is 0 Å². The SMILES string of the molecule is Cc1cc(C(=O)NNS(=O)(=O)c2ccc3c(c2)CCCC3)c(C)o1. The van der Waals surface area contributed by atoms with Gasteiger partial charge in [-0.3, -0.25) is 10.2 Å². The molecule has 0 saturated heterocycles. The van der Waals surface area contributed by atoms with Crippen molar-refractivity contribution in [2.75, 3.05) is 0 Å². The first-order valence-electron chi connectivity index (χ1n) is 7.88. The van der Waals surface area contributed by atoms with Crippen molar-refractivity contribution in [2.45, 2.75) is 44.4 Å². The summed E-state index contributed by atoms with van der Waals surface area (Å²) in [6, 6.07) is 6.69. The zero-order valence-corrected chi connectivity index (χ0v) is 14.5. The van der Waals surface area contributed by atoms with Crippen LogP contribution in [0.1, 0.15) is 45.8 Å². The number of benzene rings is 1. The third-order valence-corrected chi connectivity index (χ3v) is 5.46. The van der Waals surface area contributed by atoms with E-state index in [2.05, 4.69) is 10.3 Å². The Morgan fingerprint density at radius 2 is 1.79 bits per heavy atom. The van der Waals surface area contributed by atoms with Crippen molar-refractivity contribution in [1.82, 2.24) is 10.3 Å². The lowest BCUT2D eigenvalue weighted by molar-refractivity contribution is 0.0943. The van der Waals surface area contributed by atoms with Crippen molar-refractivity contribution in [3.8, 4) is 0 Å². The van der Waals surface area contributed by atoms with E-state index in [1.165, 1.54) is 5.56 Å². The highest BCUT2D eigenvalue weighted by Gasteiger charge is 2.20. The molecule has 2 N–H and O–H groups in total. The maximum Gasteiger partial charge on any atom is 0.269 e. The highest BCUT2D eigenvalue weighted by atomic mass is 32.2. The molecule has 2 aromatic rings. The number of rotatable bonds is 4. The third kappa shape index (κ3) is 3.37. The molecule has 1 heterocycles. The molecule has 0 aliphatic heterocycles. The van der Waals surface area contributed by atoms with Gasteiger partial charge in [0.25, 0.3) is 15.9 Å². The number of carbonyl (C=O) groups excluding carboxylic acids is 1. The molecular weight excluding hydrogens is 328 g/mol. The smallest absolute Gasteiger partial charge is 0.269 e. The van der Waals surface area contributed by atoms with E-state index in [0.717, 1.165) is 31.2 Å². The predicted molar refractivity (Wildman–Crippen MR) is 89.1 cm³/mol. The lowest BCUT2D eigenvalue weighted by Gasteiger charge is -2.16. The molecule has 1 aromatic heterocycles. The Bertz CT molecular complexity index is 884. The molecule has 0 unspecified atom stereocenters. The van der Waals surface area contributed by atoms with Crippen LogP contribution in [0.3, 0.4) is 0 Å². The highest BCUT2D eigenvalue weighted by molar-refractivity contribution is 7.89. The molecule has 3 rings (SSSR count). The standard InChI is InChI=1S/C17H20N2O4S/c1-11-9-16(12(2)23-11)17(20)18-19-24(21,22)15-8-7-13-5-3-4-6-14(13)10-15/h7-10,19H,3-6H2,1-2H3,(H,18,20). The van der Waals surface area contributed by atoms with Gasteiger partial charge in [0.2, 0.25) is 0 Å². The molecule has 1 aliphatic rings. The molecule has 7 heteroatoms. The van der Waals surface area contributed by atoms with Gasteiger partial charge in [-0.05, 0) is 68.9 Å². The van der Waals surface area contributed by atoms with Crippen molar-refractivity contribution in [2.24, 2.45) is 0 Å². The number of carbonyl (C=O) groups is 1. The van der Waals surface area contributed by atoms with Crippen LogP contribution in [0.15, 0.2) is 33.6 Å². The summed E-state index contributed by atoms with van der Waals surface area (Å²) in [6.45, 7) is 3.38. The first-order chi connectivity index (χ1) is 11.4. The van der Waals surface area contributed by atoms with Crippen LogP contribution >= 0.6 is 0 Å². The highest BCUT2D eigenvalue weighted by Crippen LogP contribution is 2.24. The quantitative estimate of drug-likeness (QED) is 0.831. The number of nitrogens with one attached hydrogen (secondary N) is 2. The van der Waals surface area contributed by atoms with Crippen LogP contribution in [-0.2, 0) is 22.9 Å². The molecule has 1 aromatic carbocycles. The van der Waals surface area contributed by atoms with E-state index < -0.39 is 15.9 Å². The summed E-state index contributed by atoms with van der Waals surface area (Å²) in [5, 5.41) is 0. The first-order valence-corrected chi connectivity index (χ1v) is 9.36. The molecule has 0 radical (unpaired) electrons. The average Bonchev–Trinajstić information content (AvgIpc) is 2.90. The fraction of sp³-hybridized carbons (Fsp3) is 0.353. The number of aryl methyl sites for hydroxylation is 4. The molecule has 128 valence electrons. The zero-order valence-electron chi connectivity index (χ0n) is 13.7. The minimum absolute atomic E-state index is 0.156. The second kappa shape index (κ2) is 6.41. The van der Waals surface area contributed by atoms with Gasteiger partial charge < -0.3 is 4.42 Å². The summed E-state index contributed by atoms with van der Waals surface area (Å²) in [5.74, 6) is 0.485. The lowest BCUT2D eigenvalue weighted by atomic mass is 9.92. The number of hydrogen-bond donors (Lipinski definition) is 2. The van der Waals surface area contributed by atoms with Crippen molar-refractivity contribution >= 4 is 15.9 Å². The Balaban J connectivity index is 1.74. The van der Waals surface area contributed by atoms with Crippen LogP contribution in [-0.4, -0.2) is 14.3 Å². The van der Waals surface area contributed by atoms with Crippen LogP contribution in [0.2, 0.25) is 0 Å². The maximum atomic E-state index is 12.4. The largest absolute Gasteiger partial charge is 0.466 e. The summed E-state index contributed by atoms with van der Waals surface area (Å²) in [7, 11) is -3.82. The zero-order chi connectivity index (χ0) is 17.3. The second-order valence-corrected chi connectivity index (χ2v) is 7.71. The summed E-state index contributed by atoms with van der Waals surface area (Å²) in [6.07, 6.45) is 4.08. The van der Waals surface area contributed by atoms with Crippen molar-refractivity contribution in [3.63, 3.8) is 0 Å². The Labute approximate surface area is 141 Å². The minimum atomic E-state index is -3.82. The van der Waals surface area contributed by atoms with E-state index in [-0.39, 0.29) is 4.90 Å². The molecule has 1 amide bonds. The van der Waals surface area contributed by atoms with E-state index in [4.69, 9.17) is 4.42 Å². The summed E-state index contributed by atoms with van der Waals surface area (Å²) in [4.78, 5) is 14.4. The third-order valence-electron chi connectivity index (χ3n) is 4.21. The molecule has 0 atom stereocenters. The maximum absolute atomic E-state index is 12.4. The van der Waals surface area contributed by atoms with Gasteiger partial charge >= 0.3 is 0 Å². The van der Waals surface area contributed by atoms with Crippen LogP contribution in [0, 0.1) is 13.8 Å². The molecule has 0 bridgehead atoms. The molecule has 1 aliphatic carbocycles. The Hall–Kier alpha value is -2.12. The van der Waals surface area contributed by atoms with Crippen molar-refractivity contribution < 1.29 is 17.6 Å². The van der Waals surface area contributed by atoms with Gasteiger partial charge in [0.05, 0.1) is 10.5 Å². The van der Waals surface area contributed by atoms with Crippen molar-refractivity contribution in [1.29, 1.82) is 0 Å². The lowest BCUT2D eigenvalue weighted by Crippen LogP contribution is -2.41. The van der Waals surface area contributed by atoms with E-state index in [0.29, 0.717) is 17.1 Å². The average molecular weight is 348 g/mol. The van der Waals surface area contributed by atoms with Gasteiger partial charge in [-0.15, -0.1) is 4.83 Å². The van der Waals surface area contributed by atoms with Crippen LogP contribution < -0.4 is 10.3 Å².